The fourth-order valence-corrected chi connectivity index (χ4v) is 5.78. The van der Waals surface area contributed by atoms with Gasteiger partial charge in [0.25, 0.3) is 0 Å². The summed E-state index contributed by atoms with van der Waals surface area (Å²) in [6, 6.07) is 9.11. The molecule has 0 heterocycles. The van der Waals surface area contributed by atoms with E-state index in [1.54, 1.807) is 18.2 Å². The second-order valence-electron chi connectivity index (χ2n) is 9.54. The Hall–Kier alpha value is -1.62. The predicted octanol–water partition coefficient (Wildman–Crippen LogP) is 8.01. The van der Waals surface area contributed by atoms with Gasteiger partial charge in [0.2, 0.25) is 0 Å². The van der Waals surface area contributed by atoms with Crippen molar-refractivity contribution < 1.29 is 4.39 Å². The van der Waals surface area contributed by atoms with E-state index < -0.39 is 0 Å². The van der Waals surface area contributed by atoms with Crippen LogP contribution in [0.15, 0.2) is 36.4 Å². The van der Waals surface area contributed by atoms with Gasteiger partial charge in [-0.3, -0.25) is 0 Å². The Kier molecular flexibility index (Phi) is 9.26. The number of unbranched alkanes of at least 4 members (excludes halogenated alkanes) is 1. The van der Waals surface area contributed by atoms with E-state index in [-0.39, 0.29) is 5.82 Å². The van der Waals surface area contributed by atoms with Crippen LogP contribution in [0.1, 0.15) is 89.0 Å². The van der Waals surface area contributed by atoms with Gasteiger partial charge in [0.1, 0.15) is 5.82 Å². The number of aryl methyl sites for hydroxylation is 1. The summed E-state index contributed by atoms with van der Waals surface area (Å²) in [7, 11) is 0. The molecule has 2 aliphatic carbocycles. The predicted molar refractivity (Wildman–Crippen MR) is 119 cm³/mol. The molecule has 0 aromatic heterocycles. The molecule has 2 saturated carbocycles. The first-order valence-corrected chi connectivity index (χ1v) is 12.0. The summed E-state index contributed by atoms with van der Waals surface area (Å²) < 4.78 is 13.0. The van der Waals surface area contributed by atoms with Crippen molar-refractivity contribution in [1.82, 2.24) is 0 Å². The van der Waals surface area contributed by atoms with E-state index in [1.807, 2.05) is 18.2 Å². The van der Waals surface area contributed by atoms with Crippen molar-refractivity contribution in [3.05, 3.63) is 47.8 Å². The summed E-state index contributed by atoms with van der Waals surface area (Å²) in [4.78, 5) is 0. The van der Waals surface area contributed by atoms with E-state index in [0.717, 1.165) is 36.5 Å². The minimum absolute atomic E-state index is 0.133. The molecule has 158 valence electrons. The number of nitriles is 1. The number of nitrogens with zero attached hydrogens (tertiary/aromatic N) is 1. The fourth-order valence-electron chi connectivity index (χ4n) is 5.78. The van der Waals surface area contributed by atoms with Gasteiger partial charge in [0.05, 0.1) is 6.07 Å². The van der Waals surface area contributed by atoms with Gasteiger partial charge >= 0.3 is 0 Å². The topological polar surface area (TPSA) is 23.8 Å². The largest absolute Gasteiger partial charge is 0.207 e. The Morgan fingerprint density at radius 1 is 0.828 bits per heavy atom. The van der Waals surface area contributed by atoms with E-state index >= 15 is 0 Å². The summed E-state index contributed by atoms with van der Waals surface area (Å²) >= 11 is 0. The van der Waals surface area contributed by atoms with Crippen molar-refractivity contribution >= 4 is 0 Å². The first kappa shape index (κ1) is 22.1. The van der Waals surface area contributed by atoms with Crippen LogP contribution in [0, 0.1) is 40.8 Å². The normalized spacial score (nSPS) is 27.7. The third-order valence-electron chi connectivity index (χ3n) is 7.62. The lowest BCUT2D eigenvalue weighted by Crippen LogP contribution is -2.25. The Balaban J connectivity index is 1.25. The van der Waals surface area contributed by atoms with Gasteiger partial charge in [-0.2, -0.15) is 5.26 Å². The molecule has 2 aliphatic rings. The molecule has 3 rings (SSSR count). The number of hydrogen-bond donors (Lipinski definition) is 0. The summed E-state index contributed by atoms with van der Waals surface area (Å²) in [5, 5.41) is 8.57. The van der Waals surface area contributed by atoms with Crippen LogP contribution < -0.4 is 0 Å². The van der Waals surface area contributed by atoms with Crippen molar-refractivity contribution in [3.8, 4) is 6.07 Å². The fraction of sp³-hybridized carbons (Fsp3) is 0.667. The minimum atomic E-state index is -0.133. The van der Waals surface area contributed by atoms with Gasteiger partial charge in [0, 0.05) is 6.08 Å². The molecule has 0 aliphatic heterocycles. The lowest BCUT2D eigenvalue weighted by molar-refractivity contribution is 0.140. The lowest BCUT2D eigenvalue weighted by Gasteiger charge is -2.38. The second-order valence-corrected chi connectivity index (χ2v) is 9.54. The van der Waals surface area contributed by atoms with Crippen molar-refractivity contribution in [2.24, 2.45) is 23.7 Å². The lowest BCUT2D eigenvalue weighted by atomic mass is 9.68. The van der Waals surface area contributed by atoms with Crippen LogP contribution in [-0.2, 0) is 6.42 Å². The zero-order valence-electron chi connectivity index (χ0n) is 18.0. The highest BCUT2D eigenvalue weighted by atomic mass is 19.1. The van der Waals surface area contributed by atoms with Crippen LogP contribution in [0.25, 0.3) is 0 Å². The second kappa shape index (κ2) is 12.2. The van der Waals surface area contributed by atoms with Crippen LogP contribution in [0.3, 0.4) is 0 Å². The number of rotatable bonds is 9. The number of benzene rings is 1. The van der Waals surface area contributed by atoms with E-state index in [4.69, 9.17) is 5.26 Å². The summed E-state index contributed by atoms with van der Waals surface area (Å²) in [6.45, 7) is 0. The SMILES string of the molecule is N#C/C=C/CCC1CCC(C2CCC(CCCCc3ccc(F)cc3)CC2)CC1. The molecule has 29 heavy (non-hydrogen) atoms. The first-order chi connectivity index (χ1) is 14.2. The molecule has 1 aromatic rings. The van der Waals surface area contributed by atoms with Gasteiger partial charge in [-0.25, -0.2) is 4.39 Å². The summed E-state index contributed by atoms with van der Waals surface area (Å²) in [5.41, 5.74) is 1.27. The quantitative estimate of drug-likeness (QED) is 0.307. The average molecular weight is 396 g/mol. The minimum Gasteiger partial charge on any atom is -0.207 e. The molecular weight excluding hydrogens is 357 g/mol. The van der Waals surface area contributed by atoms with Gasteiger partial charge in [-0.1, -0.05) is 56.7 Å². The number of hydrogen-bond acceptors (Lipinski definition) is 1. The molecule has 1 aromatic carbocycles. The van der Waals surface area contributed by atoms with Crippen LogP contribution in [0.2, 0.25) is 0 Å². The zero-order chi connectivity index (χ0) is 20.3. The molecule has 0 radical (unpaired) electrons. The van der Waals surface area contributed by atoms with Crippen molar-refractivity contribution in [1.29, 1.82) is 5.26 Å². The number of halogens is 1. The van der Waals surface area contributed by atoms with E-state index in [9.17, 15) is 4.39 Å². The Labute approximate surface area is 177 Å². The molecule has 2 heteroatoms. The molecule has 0 spiro atoms. The Bertz CT molecular complexity index is 640. The van der Waals surface area contributed by atoms with Crippen molar-refractivity contribution in [3.63, 3.8) is 0 Å². The Morgan fingerprint density at radius 2 is 1.41 bits per heavy atom. The van der Waals surface area contributed by atoms with Crippen LogP contribution >= 0.6 is 0 Å². The monoisotopic (exact) mass is 395 g/mol. The molecule has 0 unspecified atom stereocenters. The maximum atomic E-state index is 13.0. The highest BCUT2D eigenvalue weighted by Crippen LogP contribution is 2.43. The summed E-state index contributed by atoms with van der Waals surface area (Å²) in [5.74, 6) is 3.69. The molecule has 0 amide bonds. The van der Waals surface area contributed by atoms with Gasteiger partial charge in [-0.15, -0.1) is 0 Å². The maximum absolute atomic E-state index is 13.0. The van der Waals surface area contributed by atoms with Crippen LogP contribution in [0.4, 0.5) is 4.39 Å². The maximum Gasteiger partial charge on any atom is 0.123 e. The van der Waals surface area contributed by atoms with Gasteiger partial charge < -0.3 is 0 Å². The van der Waals surface area contributed by atoms with Crippen LogP contribution in [0.5, 0.6) is 0 Å². The molecule has 2 fully saturated rings. The van der Waals surface area contributed by atoms with Crippen molar-refractivity contribution in [2.75, 3.05) is 0 Å². The third-order valence-corrected chi connectivity index (χ3v) is 7.62. The molecule has 0 N–H and O–H groups in total. The molecule has 1 nitrogen and oxygen atoms in total. The summed E-state index contributed by atoms with van der Waals surface area (Å²) in [6.07, 6.45) is 22.6. The van der Waals surface area contributed by atoms with Crippen molar-refractivity contribution in [2.45, 2.75) is 89.9 Å². The molecule has 0 saturated heterocycles. The standard InChI is InChI=1S/C27H38FN/c28-27-19-13-24(14-20-27)8-4-3-7-23-11-17-26(18-12-23)25-15-9-22(10-16-25)6-2-1-5-21-29/h1,5,13-14,19-20,22-23,25-26H,2-4,6-12,15-18H2/b5-1+. The van der Waals surface area contributed by atoms with E-state index in [0.29, 0.717) is 0 Å². The highest BCUT2D eigenvalue weighted by molar-refractivity contribution is 5.15. The smallest absolute Gasteiger partial charge is 0.123 e. The third kappa shape index (κ3) is 7.61. The molecule has 0 bridgehead atoms. The van der Waals surface area contributed by atoms with Gasteiger partial charge in [0.15, 0.2) is 0 Å². The first-order valence-electron chi connectivity index (χ1n) is 12.0. The highest BCUT2D eigenvalue weighted by Gasteiger charge is 2.30. The molecular formula is C27H38FN. The van der Waals surface area contributed by atoms with E-state index in [1.165, 1.54) is 82.6 Å². The Morgan fingerprint density at radius 3 is 2.00 bits per heavy atom. The number of allylic oxidation sites excluding steroid dienone is 2. The zero-order valence-corrected chi connectivity index (χ0v) is 18.0. The van der Waals surface area contributed by atoms with E-state index in [2.05, 4.69) is 6.07 Å². The van der Waals surface area contributed by atoms with Gasteiger partial charge in [-0.05, 0) is 92.7 Å². The van der Waals surface area contributed by atoms with Crippen LogP contribution in [-0.4, -0.2) is 0 Å². The average Bonchev–Trinajstić information content (AvgIpc) is 2.76. The molecule has 0 atom stereocenters.